The lowest BCUT2D eigenvalue weighted by atomic mass is 10.1. The Bertz CT molecular complexity index is 945. The SMILES string of the molecule is Cc1cc(C(=O)NC(C)c2cccc(OCC(F)(F)F)c2)nc(NC(=O)C2CC2)n1. The number of halogens is 3. The highest BCUT2D eigenvalue weighted by atomic mass is 19.4. The summed E-state index contributed by atoms with van der Waals surface area (Å²) in [5.74, 6) is -0.591. The predicted molar refractivity (Wildman–Crippen MR) is 102 cm³/mol. The van der Waals surface area contributed by atoms with Gasteiger partial charge in [0.1, 0.15) is 11.4 Å². The van der Waals surface area contributed by atoms with Crippen LogP contribution in [0.3, 0.4) is 0 Å². The van der Waals surface area contributed by atoms with Crippen LogP contribution in [-0.4, -0.2) is 34.6 Å². The highest BCUT2D eigenvalue weighted by Gasteiger charge is 2.30. The molecule has 0 radical (unpaired) electrons. The molecule has 1 heterocycles. The molecule has 1 fully saturated rings. The van der Waals surface area contributed by atoms with Crippen LogP contribution < -0.4 is 15.4 Å². The van der Waals surface area contributed by atoms with Crippen molar-refractivity contribution in [2.24, 2.45) is 5.92 Å². The molecule has 2 N–H and O–H groups in total. The van der Waals surface area contributed by atoms with Crippen LogP contribution in [0, 0.1) is 12.8 Å². The Morgan fingerprint density at radius 3 is 2.63 bits per heavy atom. The van der Waals surface area contributed by atoms with E-state index in [4.69, 9.17) is 4.74 Å². The number of rotatable bonds is 7. The van der Waals surface area contributed by atoms with Gasteiger partial charge in [-0.3, -0.25) is 14.9 Å². The highest BCUT2D eigenvalue weighted by molar-refractivity contribution is 5.95. The van der Waals surface area contributed by atoms with E-state index in [2.05, 4.69) is 20.6 Å². The van der Waals surface area contributed by atoms with Crippen LogP contribution in [-0.2, 0) is 4.79 Å². The van der Waals surface area contributed by atoms with E-state index in [1.165, 1.54) is 18.2 Å². The van der Waals surface area contributed by atoms with Crippen LogP contribution in [0.5, 0.6) is 5.75 Å². The molecule has 0 bridgehead atoms. The van der Waals surface area contributed by atoms with Crippen LogP contribution in [0.1, 0.15) is 47.6 Å². The van der Waals surface area contributed by atoms with Crippen molar-refractivity contribution in [2.75, 3.05) is 11.9 Å². The molecular weight excluding hydrogens is 401 g/mol. The molecule has 3 rings (SSSR count). The van der Waals surface area contributed by atoms with Crippen LogP contribution in [0.4, 0.5) is 19.1 Å². The van der Waals surface area contributed by atoms with Gasteiger partial charge in [0.2, 0.25) is 11.9 Å². The van der Waals surface area contributed by atoms with Crippen molar-refractivity contribution in [3.05, 3.63) is 47.3 Å². The molecule has 0 aliphatic heterocycles. The number of anilines is 1. The summed E-state index contributed by atoms with van der Waals surface area (Å²) in [6.45, 7) is 1.97. The number of alkyl halides is 3. The van der Waals surface area contributed by atoms with E-state index in [0.29, 0.717) is 11.3 Å². The Morgan fingerprint density at radius 2 is 1.97 bits per heavy atom. The fourth-order valence-electron chi connectivity index (χ4n) is 2.69. The zero-order valence-corrected chi connectivity index (χ0v) is 16.4. The summed E-state index contributed by atoms with van der Waals surface area (Å²) < 4.78 is 41.7. The van der Waals surface area contributed by atoms with Gasteiger partial charge >= 0.3 is 6.18 Å². The minimum atomic E-state index is -4.44. The van der Waals surface area contributed by atoms with Gasteiger partial charge in [0, 0.05) is 11.6 Å². The second-order valence-corrected chi connectivity index (χ2v) is 7.15. The maximum Gasteiger partial charge on any atom is 0.422 e. The fraction of sp³-hybridized carbons (Fsp3) is 0.400. The van der Waals surface area contributed by atoms with Gasteiger partial charge in [-0.2, -0.15) is 13.2 Å². The van der Waals surface area contributed by atoms with E-state index in [0.717, 1.165) is 12.8 Å². The van der Waals surface area contributed by atoms with Gasteiger partial charge in [-0.25, -0.2) is 9.97 Å². The first-order valence-corrected chi connectivity index (χ1v) is 9.37. The topological polar surface area (TPSA) is 93.2 Å². The molecule has 0 saturated heterocycles. The number of nitrogens with one attached hydrogen (secondary N) is 2. The zero-order chi connectivity index (χ0) is 21.9. The van der Waals surface area contributed by atoms with E-state index in [1.807, 2.05) is 0 Å². The second kappa shape index (κ2) is 8.68. The van der Waals surface area contributed by atoms with Gasteiger partial charge in [-0.05, 0) is 50.5 Å². The minimum Gasteiger partial charge on any atom is -0.484 e. The number of benzene rings is 1. The molecule has 0 spiro atoms. The van der Waals surface area contributed by atoms with Gasteiger partial charge in [-0.15, -0.1) is 0 Å². The average Bonchev–Trinajstić information content (AvgIpc) is 3.51. The molecule has 1 aliphatic carbocycles. The summed E-state index contributed by atoms with van der Waals surface area (Å²) >= 11 is 0. The van der Waals surface area contributed by atoms with Gasteiger partial charge in [0.25, 0.3) is 5.91 Å². The molecule has 1 aliphatic rings. The third-order valence-electron chi connectivity index (χ3n) is 4.38. The Balaban J connectivity index is 1.66. The summed E-state index contributed by atoms with van der Waals surface area (Å²) in [6, 6.07) is 7.02. The molecule has 1 unspecified atom stereocenters. The summed E-state index contributed by atoms with van der Waals surface area (Å²) in [5.41, 5.74) is 1.15. The summed E-state index contributed by atoms with van der Waals surface area (Å²) in [7, 11) is 0. The van der Waals surface area contributed by atoms with Crippen LogP contribution in [0.15, 0.2) is 30.3 Å². The lowest BCUT2D eigenvalue weighted by Gasteiger charge is -2.16. The van der Waals surface area contributed by atoms with Crippen molar-refractivity contribution in [1.82, 2.24) is 15.3 Å². The number of carbonyl (C=O) groups is 2. The molecule has 160 valence electrons. The van der Waals surface area contributed by atoms with Crippen molar-refractivity contribution in [2.45, 2.75) is 38.9 Å². The summed E-state index contributed by atoms with van der Waals surface area (Å²) in [5, 5.41) is 5.34. The van der Waals surface area contributed by atoms with Crippen LogP contribution in [0.2, 0.25) is 0 Å². The maximum absolute atomic E-state index is 12.6. The monoisotopic (exact) mass is 422 g/mol. The van der Waals surface area contributed by atoms with E-state index >= 15 is 0 Å². The highest BCUT2D eigenvalue weighted by Crippen LogP contribution is 2.29. The number of carbonyl (C=O) groups excluding carboxylic acids is 2. The molecule has 10 heteroatoms. The van der Waals surface area contributed by atoms with Crippen molar-refractivity contribution in [1.29, 1.82) is 0 Å². The first-order valence-electron chi connectivity index (χ1n) is 9.37. The van der Waals surface area contributed by atoms with Gasteiger partial charge in [0.15, 0.2) is 6.61 Å². The Kier molecular flexibility index (Phi) is 6.23. The fourth-order valence-corrected chi connectivity index (χ4v) is 2.69. The first kappa shape index (κ1) is 21.5. The van der Waals surface area contributed by atoms with Crippen molar-refractivity contribution >= 4 is 17.8 Å². The van der Waals surface area contributed by atoms with Gasteiger partial charge in [0.05, 0.1) is 6.04 Å². The van der Waals surface area contributed by atoms with E-state index in [-0.39, 0.29) is 29.2 Å². The second-order valence-electron chi connectivity index (χ2n) is 7.15. The van der Waals surface area contributed by atoms with Crippen LogP contribution >= 0.6 is 0 Å². The number of aryl methyl sites for hydroxylation is 1. The minimum absolute atomic E-state index is 0.0294. The van der Waals surface area contributed by atoms with Crippen LogP contribution in [0.25, 0.3) is 0 Å². The van der Waals surface area contributed by atoms with Crippen molar-refractivity contribution in [3.8, 4) is 5.75 Å². The maximum atomic E-state index is 12.6. The molecule has 1 atom stereocenters. The first-order chi connectivity index (χ1) is 14.1. The number of ether oxygens (including phenoxy) is 1. The molecule has 2 amide bonds. The smallest absolute Gasteiger partial charge is 0.422 e. The number of nitrogens with zero attached hydrogens (tertiary/aromatic N) is 2. The third-order valence-corrected chi connectivity index (χ3v) is 4.38. The number of aromatic nitrogens is 2. The van der Waals surface area contributed by atoms with Gasteiger partial charge in [-0.1, -0.05) is 12.1 Å². The molecule has 30 heavy (non-hydrogen) atoms. The molecule has 1 saturated carbocycles. The van der Waals surface area contributed by atoms with E-state index in [1.54, 1.807) is 26.0 Å². The molecule has 7 nitrogen and oxygen atoms in total. The van der Waals surface area contributed by atoms with Crippen molar-refractivity contribution < 1.29 is 27.5 Å². The average molecular weight is 422 g/mol. The number of hydrogen-bond acceptors (Lipinski definition) is 5. The third kappa shape index (κ3) is 6.16. The van der Waals surface area contributed by atoms with E-state index in [9.17, 15) is 22.8 Å². The van der Waals surface area contributed by atoms with E-state index < -0.39 is 24.7 Å². The normalized spacial score (nSPS) is 14.7. The molecule has 2 aromatic rings. The number of hydrogen-bond donors (Lipinski definition) is 2. The van der Waals surface area contributed by atoms with Crippen molar-refractivity contribution in [3.63, 3.8) is 0 Å². The Morgan fingerprint density at radius 1 is 1.23 bits per heavy atom. The predicted octanol–water partition coefficient (Wildman–Crippen LogP) is 3.57. The zero-order valence-electron chi connectivity index (χ0n) is 16.4. The Hall–Kier alpha value is -3.17. The molecule has 1 aromatic heterocycles. The lowest BCUT2D eigenvalue weighted by molar-refractivity contribution is -0.153. The molecular formula is C20H21F3N4O3. The summed E-state index contributed by atoms with van der Waals surface area (Å²) in [4.78, 5) is 32.7. The number of amides is 2. The Labute approximate surface area is 171 Å². The lowest BCUT2D eigenvalue weighted by Crippen LogP contribution is -2.28. The summed E-state index contributed by atoms with van der Waals surface area (Å²) in [6.07, 6.45) is -2.78. The molecule has 1 aromatic carbocycles. The standard InChI is InChI=1S/C20H21F3N4O3/c1-11-8-16(26-19(24-11)27-17(28)13-6-7-13)18(29)25-12(2)14-4-3-5-15(9-14)30-10-20(21,22)23/h3-5,8-9,12-13H,6-7,10H2,1-2H3,(H,25,29)(H,24,26,27,28). The largest absolute Gasteiger partial charge is 0.484 e. The van der Waals surface area contributed by atoms with Gasteiger partial charge < -0.3 is 10.1 Å². The quantitative estimate of drug-likeness (QED) is 0.712.